The zero-order valence-corrected chi connectivity index (χ0v) is 12.4. The van der Waals surface area contributed by atoms with Crippen LogP contribution in [0.4, 0.5) is 0 Å². The highest BCUT2D eigenvalue weighted by Gasteiger charge is 2.38. The molecule has 0 amide bonds. The summed E-state index contributed by atoms with van der Waals surface area (Å²) in [5.74, 6) is 7.93. The topological polar surface area (TPSA) is 65.7 Å². The molecule has 0 aromatic heterocycles. The molecule has 1 aliphatic carbocycles. The Morgan fingerprint density at radius 3 is 2.55 bits per heavy atom. The van der Waals surface area contributed by atoms with E-state index in [1.165, 1.54) is 12.8 Å². The van der Waals surface area contributed by atoms with Crippen LogP contribution in [0.15, 0.2) is 18.2 Å². The molecule has 0 heterocycles. The van der Waals surface area contributed by atoms with E-state index in [4.69, 9.17) is 20.1 Å². The molecular formula is C15H24N2O3. The molecule has 0 saturated heterocycles. The minimum Gasteiger partial charge on any atom is -0.497 e. The number of nitrogens with one attached hydrogen (secondary N) is 1. The summed E-state index contributed by atoms with van der Waals surface area (Å²) < 4.78 is 16.7. The molecule has 0 bridgehead atoms. The fraction of sp³-hybridized carbons (Fsp3) is 0.600. The Kier molecular flexibility index (Phi) is 5.23. The normalized spacial score (nSPS) is 17.6. The van der Waals surface area contributed by atoms with Gasteiger partial charge in [0.05, 0.1) is 26.4 Å². The van der Waals surface area contributed by atoms with Crippen LogP contribution >= 0.6 is 0 Å². The van der Waals surface area contributed by atoms with E-state index >= 15 is 0 Å². The number of hydrazine groups is 1. The summed E-state index contributed by atoms with van der Waals surface area (Å²) in [6, 6.07) is 5.63. The van der Waals surface area contributed by atoms with Gasteiger partial charge in [0, 0.05) is 12.2 Å². The van der Waals surface area contributed by atoms with Gasteiger partial charge in [-0.2, -0.15) is 0 Å². The molecule has 5 heteroatoms. The summed E-state index contributed by atoms with van der Waals surface area (Å²) in [4.78, 5) is 0. The molecule has 1 aromatic carbocycles. The van der Waals surface area contributed by atoms with Crippen molar-refractivity contribution in [1.29, 1.82) is 0 Å². The second-order valence-corrected chi connectivity index (χ2v) is 5.01. The summed E-state index contributed by atoms with van der Waals surface area (Å²) >= 11 is 0. The summed E-state index contributed by atoms with van der Waals surface area (Å²) in [5, 5.41) is 0. The first-order valence-corrected chi connectivity index (χ1v) is 7.04. The van der Waals surface area contributed by atoms with Gasteiger partial charge in [-0.05, 0) is 43.9 Å². The second-order valence-electron chi connectivity index (χ2n) is 5.01. The standard InChI is InChI=1S/C15H24N2O3/c1-4-20-15(10-5-6-10)14(17-16)12-9-11(18-2)7-8-13(12)19-3/h7-10,14-15,17H,4-6,16H2,1-3H3. The predicted molar refractivity (Wildman–Crippen MR) is 77.7 cm³/mol. The smallest absolute Gasteiger partial charge is 0.124 e. The molecule has 112 valence electrons. The first kappa shape index (κ1) is 15.1. The van der Waals surface area contributed by atoms with Gasteiger partial charge < -0.3 is 14.2 Å². The number of benzene rings is 1. The van der Waals surface area contributed by atoms with E-state index in [1.54, 1.807) is 14.2 Å². The highest BCUT2D eigenvalue weighted by atomic mass is 16.5. The van der Waals surface area contributed by atoms with E-state index in [9.17, 15) is 0 Å². The Morgan fingerprint density at radius 2 is 2.05 bits per heavy atom. The molecule has 20 heavy (non-hydrogen) atoms. The molecule has 0 radical (unpaired) electrons. The maximum atomic E-state index is 5.91. The number of hydrogen-bond donors (Lipinski definition) is 2. The van der Waals surface area contributed by atoms with Crippen LogP contribution in [0.2, 0.25) is 0 Å². The quantitative estimate of drug-likeness (QED) is 0.563. The molecular weight excluding hydrogens is 256 g/mol. The number of nitrogens with two attached hydrogens (primary N) is 1. The van der Waals surface area contributed by atoms with Crippen molar-refractivity contribution in [2.45, 2.75) is 31.9 Å². The molecule has 1 aromatic rings. The lowest BCUT2D eigenvalue weighted by molar-refractivity contribution is 0.0179. The van der Waals surface area contributed by atoms with E-state index in [0.717, 1.165) is 17.1 Å². The fourth-order valence-electron chi connectivity index (χ4n) is 2.57. The van der Waals surface area contributed by atoms with Gasteiger partial charge >= 0.3 is 0 Å². The number of rotatable bonds is 8. The van der Waals surface area contributed by atoms with Crippen LogP contribution in [0.5, 0.6) is 11.5 Å². The minimum absolute atomic E-state index is 0.0611. The Balaban J connectivity index is 2.33. The third-order valence-electron chi connectivity index (χ3n) is 3.73. The summed E-state index contributed by atoms with van der Waals surface area (Å²) in [6.45, 7) is 2.68. The minimum atomic E-state index is -0.104. The molecule has 2 unspecified atom stereocenters. The van der Waals surface area contributed by atoms with Gasteiger partial charge in [-0.1, -0.05) is 0 Å². The van der Waals surface area contributed by atoms with E-state index in [1.807, 2.05) is 25.1 Å². The van der Waals surface area contributed by atoms with Gasteiger partial charge in [-0.25, -0.2) is 0 Å². The molecule has 1 aliphatic rings. The Labute approximate surface area is 120 Å². The van der Waals surface area contributed by atoms with Crippen LogP contribution in [0.25, 0.3) is 0 Å². The van der Waals surface area contributed by atoms with E-state index in [0.29, 0.717) is 12.5 Å². The van der Waals surface area contributed by atoms with Crippen LogP contribution in [-0.2, 0) is 4.74 Å². The number of hydrogen-bond acceptors (Lipinski definition) is 5. The van der Waals surface area contributed by atoms with Gasteiger partial charge in [0.15, 0.2) is 0 Å². The zero-order chi connectivity index (χ0) is 14.5. The van der Waals surface area contributed by atoms with Crippen LogP contribution in [0.1, 0.15) is 31.4 Å². The molecule has 1 fully saturated rings. The van der Waals surface area contributed by atoms with Crippen LogP contribution in [0, 0.1) is 5.92 Å². The van der Waals surface area contributed by atoms with Gasteiger partial charge in [-0.15, -0.1) is 0 Å². The lowest BCUT2D eigenvalue weighted by atomic mass is 9.97. The van der Waals surface area contributed by atoms with Crippen molar-refractivity contribution in [1.82, 2.24) is 5.43 Å². The monoisotopic (exact) mass is 280 g/mol. The predicted octanol–water partition coefficient (Wildman–Crippen LogP) is 2.02. The van der Waals surface area contributed by atoms with Gasteiger partial charge in [0.2, 0.25) is 0 Å². The third-order valence-corrected chi connectivity index (χ3v) is 3.73. The Bertz CT molecular complexity index is 435. The summed E-state index contributed by atoms with van der Waals surface area (Å²) in [5.41, 5.74) is 3.86. The van der Waals surface area contributed by atoms with Crippen molar-refractivity contribution >= 4 is 0 Å². The van der Waals surface area contributed by atoms with Gasteiger partial charge in [-0.3, -0.25) is 11.3 Å². The Morgan fingerprint density at radius 1 is 1.30 bits per heavy atom. The zero-order valence-electron chi connectivity index (χ0n) is 12.4. The summed E-state index contributed by atoms with van der Waals surface area (Å²) in [7, 11) is 3.31. The average Bonchev–Trinajstić information content (AvgIpc) is 3.31. The molecule has 2 atom stereocenters. The molecule has 0 aliphatic heterocycles. The molecule has 1 saturated carbocycles. The second kappa shape index (κ2) is 6.92. The lowest BCUT2D eigenvalue weighted by Gasteiger charge is -2.28. The number of methoxy groups -OCH3 is 2. The first-order chi connectivity index (χ1) is 9.74. The lowest BCUT2D eigenvalue weighted by Crippen LogP contribution is -2.39. The van der Waals surface area contributed by atoms with Gasteiger partial charge in [0.25, 0.3) is 0 Å². The van der Waals surface area contributed by atoms with Crippen molar-refractivity contribution in [2.75, 3.05) is 20.8 Å². The van der Waals surface area contributed by atoms with E-state index < -0.39 is 0 Å². The SMILES string of the molecule is CCOC(C1CC1)C(NN)c1cc(OC)ccc1OC. The van der Waals surface area contributed by atoms with Crippen molar-refractivity contribution < 1.29 is 14.2 Å². The maximum Gasteiger partial charge on any atom is 0.124 e. The fourth-order valence-corrected chi connectivity index (χ4v) is 2.57. The van der Waals surface area contributed by atoms with Crippen molar-refractivity contribution in [3.8, 4) is 11.5 Å². The van der Waals surface area contributed by atoms with Crippen LogP contribution in [0.3, 0.4) is 0 Å². The largest absolute Gasteiger partial charge is 0.497 e. The first-order valence-electron chi connectivity index (χ1n) is 7.04. The Hall–Kier alpha value is -1.30. The van der Waals surface area contributed by atoms with Gasteiger partial charge in [0.1, 0.15) is 11.5 Å². The van der Waals surface area contributed by atoms with Crippen molar-refractivity contribution in [3.05, 3.63) is 23.8 Å². The van der Waals surface area contributed by atoms with Crippen molar-refractivity contribution in [3.63, 3.8) is 0 Å². The maximum absolute atomic E-state index is 5.91. The van der Waals surface area contributed by atoms with Crippen molar-refractivity contribution in [2.24, 2.45) is 11.8 Å². The van der Waals surface area contributed by atoms with E-state index in [2.05, 4.69) is 5.43 Å². The van der Waals surface area contributed by atoms with E-state index in [-0.39, 0.29) is 12.1 Å². The highest BCUT2D eigenvalue weighted by molar-refractivity contribution is 5.43. The molecule has 0 spiro atoms. The van der Waals surface area contributed by atoms with Crippen LogP contribution in [-0.4, -0.2) is 26.9 Å². The average molecular weight is 280 g/mol. The molecule has 3 N–H and O–H groups in total. The molecule has 2 rings (SSSR count). The van der Waals surface area contributed by atoms with Crippen LogP contribution < -0.4 is 20.7 Å². The third kappa shape index (κ3) is 3.23. The number of ether oxygens (including phenoxy) is 3. The summed E-state index contributed by atoms with van der Waals surface area (Å²) in [6.07, 6.45) is 2.44. The molecule has 5 nitrogen and oxygen atoms in total. The highest BCUT2D eigenvalue weighted by Crippen LogP contribution is 2.42.